The Morgan fingerprint density at radius 2 is 1.67 bits per heavy atom. The predicted octanol–water partition coefficient (Wildman–Crippen LogP) is 3.90. The van der Waals surface area contributed by atoms with Gasteiger partial charge >= 0.3 is 0 Å². The van der Waals surface area contributed by atoms with E-state index >= 15 is 0 Å². The SMILES string of the molecule is O=S(=O)(c1cccc(OC[C@@H](O)CNC2COC3(CCN(S(=O)(=O)c4ccc5ccccc5c4)CC3)C2)c1)C1CCCC1. The van der Waals surface area contributed by atoms with Gasteiger partial charge in [0.2, 0.25) is 10.0 Å². The normalized spacial score (nSPS) is 22.3. The molecule has 2 atom stereocenters. The molecule has 0 bridgehead atoms. The van der Waals surface area contributed by atoms with Crippen molar-refractivity contribution in [1.82, 2.24) is 9.62 Å². The van der Waals surface area contributed by atoms with E-state index < -0.39 is 26.0 Å². The van der Waals surface area contributed by atoms with Crippen molar-refractivity contribution in [2.75, 3.05) is 32.8 Å². The lowest BCUT2D eigenvalue weighted by Gasteiger charge is -2.38. The Morgan fingerprint density at radius 1 is 0.930 bits per heavy atom. The predicted molar refractivity (Wildman–Crippen MR) is 164 cm³/mol. The Balaban J connectivity index is 0.966. The molecular weight excluding hydrogens is 588 g/mol. The standard InChI is InChI=1S/C32H40N2O7S2/c35-27(23-40-28-8-5-11-30(19-28)42(36,37)29-9-3-4-10-29)21-33-26-20-32(41-22-26)14-16-34(17-15-32)43(38,39)31-13-12-24-6-1-2-7-25(24)18-31/h1-2,5-8,11-13,18-19,26-27,29,33,35H,3-4,9-10,14-17,20-23H2/t26?,27-/m0/s1. The smallest absolute Gasteiger partial charge is 0.243 e. The Morgan fingerprint density at radius 3 is 2.44 bits per heavy atom. The van der Waals surface area contributed by atoms with Crippen LogP contribution in [0.4, 0.5) is 0 Å². The summed E-state index contributed by atoms with van der Waals surface area (Å²) >= 11 is 0. The molecular formula is C32H40N2O7S2. The number of aliphatic hydroxyl groups is 1. The van der Waals surface area contributed by atoms with Gasteiger partial charge in [0.05, 0.1) is 27.2 Å². The molecule has 9 nitrogen and oxygen atoms in total. The molecule has 3 aromatic carbocycles. The first-order valence-electron chi connectivity index (χ1n) is 15.2. The third-order valence-electron chi connectivity index (χ3n) is 9.16. The van der Waals surface area contributed by atoms with Gasteiger partial charge in [-0.05, 0) is 73.2 Å². The minimum absolute atomic E-state index is 0.0280. The molecule has 3 aliphatic rings. The third-order valence-corrected chi connectivity index (χ3v) is 13.3. The van der Waals surface area contributed by atoms with Crippen LogP contribution in [-0.4, -0.2) is 82.1 Å². The van der Waals surface area contributed by atoms with Crippen molar-refractivity contribution >= 4 is 30.6 Å². The van der Waals surface area contributed by atoms with Crippen molar-refractivity contribution in [2.24, 2.45) is 0 Å². The molecule has 232 valence electrons. The molecule has 0 amide bonds. The molecule has 1 spiro atoms. The third kappa shape index (κ3) is 6.62. The summed E-state index contributed by atoms with van der Waals surface area (Å²) in [5, 5.41) is 15.5. The number of benzene rings is 3. The van der Waals surface area contributed by atoms with Gasteiger partial charge in [0.15, 0.2) is 9.84 Å². The second kappa shape index (κ2) is 12.5. The van der Waals surface area contributed by atoms with Crippen LogP contribution in [0.25, 0.3) is 10.8 Å². The van der Waals surface area contributed by atoms with Gasteiger partial charge in [-0.25, -0.2) is 16.8 Å². The topological polar surface area (TPSA) is 122 Å². The fourth-order valence-corrected chi connectivity index (χ4v) is 9.99. The summed E-state index contributed by atoms with van der Waals surface area (Å²) in [7, 11) is -6.97. The van der Waals surface area contributed by atoms with Gasteiger partial charge in [0.1, 0.15) is 18.5 Å². The van der Waals surface area contributed by atoms with Gasteiger partial charge in [-0.1, -0.05) is 49.2 Å². The Kier molecular flexibility index (Phi) is 8.83. The van der Waals surface area contributed by atoms with E-state index in [9.17, 15) is 21.9 Å². The average molecular weight is 629 g/mol. The molecule has 2 aliphatic heterocycles. The van der Waals surface area contributed by atoms with Crippen LogP contribution in [0.3, 0.4) is 0 Å². The van der Waals surface area contributed by atoms with E-state index in [1.54, 1.807) is 40.7 Å². The molecule has 3 fully saturated rings. The summed E-state index contributed by atoms with van der Waals surface area (Å²) in [5.41, 5.74) is -0.375. The first kappa shape index (κ1) is 30.5. The summed E-state index contributed by atoms with van der Waals surface area (Å²) in [6, 6.07) is 19.6. The second-order valence-corrected chi connectivity index (χ2v) is 16.3. The van der Waals surface area contributed by atoms with Crippen LogP contribution in [0.2, 0.25) is 0 Å². The van der Waals surface area contributed by atoms with E-state index in [1.165, 1.54) is 0 Å². The molecule has 1 saturated carbocycles. The van der Waals surface area contributed by atoms with E-state index in [-0.39, 0.29) is 28.4 Å². The second-order valence-electron chi connectivity index (χ2n) is 12.1. The molecule has 6 rings (SSSR count). The molecule has 3 aromatic rings. The Labute approximate surface area is 254 Å². The highest BCUT2D eigenvalue weighted by molar-refractivity contribution is 7.92. The summed E-state index contributed by atoms with van der Waals surface area (Å²) in [6.45, 7) is 1.61. The molecule has 0 radical (unpaired) electrons. The molecule has 2 N–H and O–H groups in total. The average Bonchev–Trinajstić information content (AvgIpc) is 3.71. The summed E-state index contributed by atoms with van der Waals surface area (Å²) in [6.07, 6.45) is 4.47. The van der Waals surface area contributed by atoms with Crippen LogP contribution < -0.4 is 10.1 Å². The van der Waals surface area contributed by atoms with Crippen LogP contribution in [0, 0.1) is 0 Å². The maximum Gasteiger partial charge on any atom is 0.243 e. The number of nitrogens with one attached hydrogen (secondary N) is 1. The van der Waals surface area contributed by atoms with E-state index in [2.05, 4.69) is 5.32 Å². The molecule has 43 heavy (non-hydrogen) atoms. The number of hydrogen-bond acceptors (Lipinski definition) is 8. The zero-order chi connectivity index (χ0) is 30.1. The number of fused-ring (bicyclic) bond motifs is 1. The number of sulfone groups is 1. The molecule has 11 heteroatoms. The Bertz CT molecular complexity index is 1650. The maximum absolute atomic E-state index is 13.4. The van der Waals surface area contributed by atoms with E-state index in [4.69, 9.17) is 9.47 Å². The van der Waals surface area contributed by atoms with Crippen molar-refractivity contribution in [2.45, 2.75) is 77.7 Å². The largest absolute Gasteiger partial charge is 0.491 e. The number of piperidine rings is 1. The monoisotopic (exact) mass is 628 g/mol. The maximum atomic E-state index is 13.4. The first-order valence-corrected chi connectivity index (χ1v) is 18.1. The van der Waals surface area contributed by atoms with E-state index in [0.29, 0.717) is 62.6 Å². The van der Waals surface area contributed by atoms with Gasteiger partial charge < -0.3 is 19.9 Å². The summed E-state index contributed by atoms with van der Waals surface area (Å²) in [5.74, 6) is 0.423. The van der Waals surface area contributed by atoms with Crippen molar-refractivity contribution in [1.29, 1.82) is 0 Å². The van der Waals surface area contributed by atoms with Crippen LogP contribution in [0.15, 0.2) is 76.5 Å². The first-order chi connectivity index (χ1) is 20.6. The van der Waals surface area contributed by atoms with Gasteiger partial charge in [-0.2, -0.15) is 4.31 Å². The molecule has 2 heterocycles. The molecule has 0 aromatic heterocycles. The zero-order valence-corrected chi connectivity index (χ0v) is 25.9. The highest BCUT2D eigenvalue weighted by Gasteiger charge is 2.44. The van der Waals surface area contributed by atoms with Crippen molar-refractivity contribution < 1.29 is 31.4 Å². The molecule has 1 unspecified atom stereocenters. The zero-order valence-electron chi connectivity index (χ0n) is 24.2. The number of ether oxygens (including phenoxy) is 2. The van der Waals surface area contributed by atoms with Gasteiger partial charge in [0.25, 0.3) is 0 Å². The number of rotatable bonds is 10. The molecule has 1 aliphatic carbocycles. The highest BCUT2D eigenvalue weighted by atomic mass is 32.2. The lowest BCUT2D eigenvalue weighted by molar-refractivity contribution is -0.0312. The molecule has 2 saturated heterocycles. The van der Waals surface area contributed by atoms with Crippen LogP contribution >= 0.6 is 0 Å². The van der Waals surface area contributed by atoms with Crippen molar-refractivity contribution in [3.8, 4) is 5.75 Å². The summed E-state index contributed by atoms with van der Waals surface area (Å²) in [4.78, 5) is 0.585. The van der Waals surface area contributed by atoms with Crippen LogP contribution in [0.5, 0.6) is 5.75 Å². The van der Waals surface area contributed by atoms with Crippen molar-refractivity contribution in [3.05, 3.63) is 66.7 Å². The van der Waals surface area contributed by atoms with Gasteiger partial charge in [-0.15, -0.1) is 0 Å². The van der Waals surface area contributed by atoms with E-state index in [1.807, 2.05) is 30.3 Å². The van der Waals surface area contributed by atoms with Gasteiger partial charge in [0, 0.05) is 25.7 Å². The van der Waals surface area contributed by atoms with Gasteiger partial charge in [-0.3, -0.25) is 0 Å². The minimum Gasteiger partial charge on any atom is -0.491 e. The fraction of sp³-hybridized carbons (Fsp3) is 0.500. The Hall–Kier alpha value is -2.54. The van der Waals surface area contributed by atoms with Crippen LogP contribution in [0.1, 0.15) is 44.9 Å². The van der Waals surface area contributed by atoms with E-state index in [0.717, 1.165) is 30.0 Å². The van der Waals surface area contributed by atoms with Crippen molar-refractivity contribution in [3.63, 3.8) is 0 Å². The lowest BCUT2D eigenvalue weighted by atomic mass is 9.88. The summed E-state index contributed by atoms with van der Waals surface area (Å²) < 4.78 is 66.1. The minimum atomic E-state index is -3.60. The number of sulfonamides is 1. The number of hydrogen-bond donors (Lipinski definition) is 2. The lowest BCUT2D eigenvalue weighted by Crippen LogP contribution is -2.47. The highest BCUT2D eigenvalue weighted by Crippen LogP contribution is 2.38. The fourth-order valence-electron chi connectivity index (χ4n) is 6.62. The number of aliphatic hydroxyl groups excluding tert-OH is 1. The quantitative estimate of drug-likeness (QED) is 0.347. The number of nitrogens with zero attached hydrogens (tertiary/aromatic N) is 1. The van der Waals surface area contributed by atoms with Crippen LogP contribution in [-0.2, 0) is 24.6 Å².